The standard InChI is InChI=1S/C19H38N4O4/c1-5-7-11-21-18(24)26-15(3)23(17-9-13-20-14-10-17)16(4)27-19(25)22-12-8-6-2/h15-17,20H,5-14H2,1-4H3,(H,21,24)(H,22,25). The van der Waals surface area contributed by atoms with Crippen LogP contribution in [0.5, 0.6) is 0 Å². The lowest BCUT2D eigenvalue weighted by molar-refractivity contribution is -0.118. The summed E-state index contributed by atoms with van der Waals surface area (Å²) in [6.45, 7) is 10.8. The maximum Gasteiger partial charge on any atom is 0.408 e. The third kappa shape index (κ3) is 9.28. The highest BCUT2D eigenvalue weighted by molar-refractivity contribution is 5.67. The molecule has 3 N–H and O–H groups in total. The summed E-state index contributed by atoms with van der Waals surface area (Å²) in [6, 6.07) is 0.183. The van der Waals surface area contributed by atoms with E-state index < -0.39 is 24.6 Å². The van der Waals surface area contributed by atoms with Crippen molar-refractivity contribution in [1.82, 2.24) is 20.9 Å². The summed E-state index contributed by atoms with van der Waals surface area (Å²) in [7, 11) is 0. The van der Waals surface area contributed by atoms with Gasteiger partial charge in [0, 0.05) is 19.1 Å². The predicted octanol–water partition coefficient (Wildman–Crippen LogP) is 2.79. The molecule has 0 aromatic heterocycles. The van der Waals surface area contributed by atoms with E-state index >= 15 is 0 Å². The van der Waals surface area contributed by atoms with Gasteiger partial charge in [0.05, 0.1) is 0 Å². The first-order valence-electron chi connectivity index (χ1n) is 10.4. The van der Waals surface area contributed by atoms with Gasteiger partial charge in [0.15, 0.2) is 12.5 Å². The normalized spacial score (nSPS) is 17.2. The van der Waals surface area contributed by atoms with Crippen molar-refractivity contribution in [3.8, 4) is 0 Å². The van der Waals surface area contributed by atoms with Gasteiger partial charge in [-0.15, -0.1) is 0 Å². The van der Waals surface area contributed by atoms with Crippen molar-refractivity contribution in [3.63, 3.8) is 0 Å². The highest BCUT2D eigenvalue weighted by Gasteiger charge is 2.33. The van der Waals surface area contributed by atoms with Gasteiger partial charge < -0.3 is 25.4 Å². The fraction of sp³-hybridized carbons (Fsp3) is 0.895. The van der Waals surface area contributed by atoms with Gasteiger partial charge in [-0.2, -0.15) is 0 Å². The van der Waals surface area contributed by atoms with Crippen LogP contribution in [0.4, 0.5) is 9.59 Å². The van der Waals surface area contributed by atoms with Crippen LogP contribution in [0.2, 0.25) is 0 Å². The topological polar surface area (TPSA) is 91.9 Å². The third-order valence-corrected chi connectivity index (χ3v) is 4.72. The van der Waals surface area contributed by atoms with E-state index in [9.17, 15) is 9.59 Å². The van der Waals surface area contributed by atoms with E-state index in [1.807, 2.05) is 18.7 Å². The zero-order valence-electron chi connectivity index (χ0n) is 17.4. The summed E-state index contributed by atoms with van der Waals surface area (Å²) in [6.07, 6.45) is 3.82. The quantitative estimate of drug-likeness (QED) is 0.374. The van der Waals surface area contributed by atoms with E-state index in [2.05, 4.69) is 29.8 Å². The number of piperidine rings is 1. The van der Waals surface area contributed by atoms with Crippen molar-refractivity contribution in [2.24, 2.45) is 0 Å². The first kappa shape index (κ1) is 23.5. The minimum Gasteiger partial charge on any atom is -0.430 e. The van der Waals surface area contributed by atoms with Crippen molar-refractivity contribution >= 4 is 12.2 Å². The van der Waals surface area contributed by atoms with E-state index in [-0.39, 0.29) is 6.04 Å². The van der Waals surface area contributed by atoms with E-state index in [4.69, 9.17) is 9.47 Å². The maximum atomic E-state index is 12.0. The Hall–Kier alpha value is -1.54. The van der Waals surface area contributed by atoms with Crippen molar-refractivity contribution < 1.29 is 19.1 Å². The van der Waals surface area contributed by atoms with Crippen LogP contribution in [0.25, 0.3) is 0 Å². The molecule has 2 amide bonds. The van der Waals surface area contributed by atoms with Crippen molar-refractivity contribution in [3.05, 3.63) is 0 Å². The average molecular weight is 387 g/mol. The summed E-state index contributed by atoms with van der Waals surface area (Å²) in [5, 5.41) is 8.86. The molecule has 158 valence electrons. The largest absolute Gasteiger partial charge is 0.430 e. The summed E-state index contributed by atoms with van der Waals surface area (Å²) >= 11 is 0. The SMILES string of the molecule is CCCCNC(=O)OC(C)N(C1CCNCC1)C(C)OC(=O)NCCCC. The Kier molecular flexibility index (Phi) is 11.8. The van der Waals surface area contributed by atoms with Crippen molar-refractivity contribution in [1.29, 1.82) is 0 Å². The molecular weight excluding hydrogens is 348 g/mol. The van der Waals surface area contributed by atoms with E-state index in [1.54, 1.807) is 0 Å². The average Bonchev–Trinajstić information content (AvgIpc) is 2.63. The van der Waals surface area contributed by atoms with Crippen LogP contribution < -0.4 is 16.0 Å². The highest BCUT2D eigenvalue weighted by atomic mass is 16.6. The monoisotopic (exact) mass is 386 g/mol. The molecule has 0 spiro atoms. The molecule has 8 heteroatoms. The lowest BCUT2D eigenvalue weighted by atomic mass is 10.0. The van der Waals surface area contributed by atoms with E-state index in [0.717, 1.165) is 51.6 Å². The molecule has 1 rings (SSSR count). The molecule has 0 aromatic carbocycles. The Morgan fingerprint density at radius 2 is 1.41 bits per heavy atom. The van der Waals surface area contributed by atoms with Crippen molar-refractivity contribution in [2.75, 3.05) is 26.2 Å². The highest BCUT2D eigenvalue weighted by Crippen LogP contribution is 2.20. The van der Waals surface area contributed by atoms with Crippen LogP contribution in [-0.4, -0.2) is 61.8 Å². The van der Waals surface area contributed by atoms with Crippen LogP contribution in [0.15, 0.2) is 0 Å². The molecule has 8 nitrogen and oxygen atoms in total. The molecule has 0 radical (unpaired) electrons. The van der Waals surface area contributed by atoms with Gasteiger partial charge >= 0.3 is 12.2 Å². The Morgan fingerprint density at radius 3 is 1.81 bits per heavy atom. The fourth-order valence-electron chi connectivity index (χ4n) is 3.24. The Labute approximate surface area is 163 Å². The first-order valence-corrected chi connectivity index (χ1v) is 10.4. The first-order chi connectivity index (χ1) is 13.0. The fourth-order valence-corrected chi connectivity index (χ4v) is 3.24. The number of alkyl carbamates (subject to hydrolysis) is 2. The molecule has 0 saturated carbocycles. The lowest BCUT2D eigenvalue weighted by Gasteiger charge is -2.40. The Bertz CT molecular complexity index is 400. The number of ether oxygens (including phenoxy) is 2. The third-order valence-electron chi connectivity index (χ3n) is 4.72. The molecule has 1 saturated heterocycles. The van der Waals surface area contributed by atoms with E-state index in [0.29, 0.717) is 13.1 Å². The summed E-state index contributed by atoms with van der Waals surface area (Å²) in [5.41, 5.74) is 0. The Morgan fingerprint density at radius 1 is 0.963 bits per heavy atom. The maximum absolute atomic E-state index is 12.0. The zero-order valence-corrected chi connectivity index (χ0v) is 17.4. The molecule has 1 aliphatic rings. The van der Waals surface area contributed by atoms with Gasteiger partial charge in [-0.3, -0.25) is 0 Å². The van der Waals surface area contributed by atoms with Gasteiger partial charge in [0.1, 0.15) is 0 Å². The van der Waals surface area contributed by atoms with Crippen LogP contribution in [0, 0.1) is 0 Å². The number of rotatable bonds is 11. The minimum absolute atomic E-state index is 0.183. The number of carbonyl (C=O) groups excluding carboxylic acids is 2. The van der Waals surface area contributed by atoms with Gasteiger partial charge in [0.2, 0.25) is 0 Å². The minimum atomic E-state index is -0.492. The number of amides is 2. The second kappa shape index (κ2) is 13.6. The number of hydrogen-bond acceptors (Lipinski definition) is 6. The predicted molar refractivity (Wildman–Crippen MR) is 105 cm³/mol. The molecule has 0 aromatic rings. The number of nitrogens with one attached hydrogen (secondary N) is 3. The number of unbranched alkanes of at least 4 members (excludes halogenated alkanes) is 2. The molecule has 1 heterocycles. The van der Waals surface area contributed by atoms with Gasteiger partial charge in [0.25, 0.3) is 0 Å². The smallest absolute Gasteiger partial charge is 0.408 e. The molecule has 0 aliphatic carbocycles. The van der Waals surface area contributed by atoms with Crippen LogP contribution in [-0.2, 0) is 9.47 Å². The van der Waals surface area contributed by atoms with Gasteiger partial charge in [-0.25, -0.2) is 14.5 Å². The summed E-state index contributed by atoms with van der Waals surface area (Å²) < 4.78 is 11.1. The zero-order chi connectivity index (χ0) is 20.1. The second-order valence-corrected chi connectivity index (χ2v) is 7.00. The Balaban J connectivity index is 2.64. The van der Waals surface area contributed by atoms with Gasteiger partial charge in [-0.05, 0) is 52.6 Å². The summed E-state index contributed by atoms with van der Waals surface area (Å²) in [4.78, 5) is 26.1. The van der Waals surface area contributed by atoms with Crippen molar-refractivity contribution in [2.45, 2.75) is 84.7 Å². The lowest BCUT2D eigenvalue weighted by Crippen LogP contribution is -2.54. The van der Waals surface area contributed by atoms with Gasteiger partial charge in [-0.1, -0.05) is 26.7 Å². The molecule has 0 bridgehead atoms. The second-order valence-electron chi connectivity index (χ2n) is 7.00. The van der Waals surface area contributed by atoms with Crippen LogP contribution in [0.3, 0.4) is 0 Å². The van der Waals surface area contributed by atoms with Crippen LogP contribution >= 0.6 is 0 Å². The number of hydrogen-bond donors (Lipinski definition) is 3. The number of nitrogens with zero attached hydrogens (tertiary/aromatic N) is 1. The molecule has 27 heavy (non-hydrogen) atoms. The van der Waals surface area contributed by atoms with E-state index in [1.165, 1.54) is 0 Å². The summed E-state index contributed by atoms with van der Waals surface area (Å²) in [5.74, 6) is 0. The number of carbonyl (C=O) groups is 2. The molecule has 1 fully saturated rings. The molecule has 2 atom stereocenters. The molecule has 1 aliphatic heterocycles. The molecule has 2 unspecified atom stereocenters. The van der Waals surface area contributed by atoms with Crippen LogP contribution in [0.1, 0.15) is 66.2 Å². The molecular formula is C19H38N4O4.